The van der Waals surface area contributed by atoms with Crippen molar-refractivity contribution in [2.75, 3.05) is 11.9 Å². The summed E-state index contributed by atoms with van der Waals surface area (Å²) in [5, 5.41) is 5.97. The second kappa shape index (κ2) is 6.56. The molecule has 0 bridgehead atoms. The Morgan fingerprint density at radius 2 is 1.80 bits per heavy atom. The molecule has 0 unspecified atom stereocenters. The minimum Gasteiger partial charge on any atom is -0.360 e. The molecule has 1 fully saturated rings. The highest BCUT2D eigenvalue weighted by Gasteiger charge is 2.45. The number of hydrogen-bond acceptors (Lipinski definition) is 6. The molecule has 0 saturated carbocycles. The maximum Gasteiger partial charge on any atom is 0.335 e. The van der Waals surface area contributed by atoms with E-state index in [1.54, 1.807) is 37.3 Å². The SMILES string of the molecule is Cc1cc(NC(=O)CN2C(=O)C(=O)N(Cc3ccccc3)C2=O)no1. The van der Waals surface area contributed by atoms with Gasteiger partial charge >= 0.3 is 17.8 Å². The summed E-state index contributed by atoms with van der Waals surface area (Å²) < 4.78 is 4.80. The zero-order valence-electron chi connectivity index (χ0n) is 13.3. The molecule has 9 nitrogen and oxygen atoms in total. The maximum absolute atomic E-state index is 12.3. The van der Waals surface area contributed by atoms with Gasteiger partial charge in [0.25, 0.3) is 0 Å². The third-order valence-corrected chi connectivity index (χ3v) is 3.52. The van der Waals surface area contributed by atoms with E-state index in [9.17, 15) is 19.2 Å². The molecule has 0 atom stereocenters. The van der Waals surface area contributed by atoms with Gasteiger partial charge in [-0.3, -0.25) is 19.3 Å². The van der Waals surface area contributed by atoms with Crippen LogP contribution in [0.25, 0.3) is 0 Å². The molecule has 3 rings (SSSR count). The Kier molecular flexibility index (Phi) is 4.29. The molecule has 1 aromatic carbocycles. The largest absolute Gasteiger partial charge is 0.360 e. The highest BCUT2D eigenvalue weighted by Crippen LogP contribution is 2.16. The minimum atomic E-state index is -1.03. The number of amides is 5. The molecule has 0 spiro atoms. The van der Waals surface area contributed by atoms with Crippen molar-refractivity contribution in [3.63, 3.8) is 0 Å². The predicted molar refractivity (Wildman–Crippen MR) is 84.0 cm³/mol. The summed E-state index contributed by atoms with van der Waals surface area (Å²) in [5.41, 5.74) is 0.696. The number of carbonyl (C=O) groups is 4. The number of rotatable bonds is 5. The van der Waals surface area contributed by atoms with Crippen LogP contribution in [0.5, 0.6) is 0 Å². The van der Waals surface area contributed by atoms with E-state index in [2.05, 4.69) is 10.5 Å². The molecule has 25 heavy (non-hydrogen) atoms. The monoisotopic (exact) mass is 342 g/mol. The second-order valence-corrected chi connectivity index (χ2v) is 5.42. The van der Waals surface area contributed by atoms with Gasteiger partial charge in [-0.1, -0.05) is 35.5 Å². The number of nitrogens with one attached hydrogen (secondary N) is 1. The van der Waals surface area contributed by atoms with E-state index in [0.717, 1.165) is 4.90 Å². The van der Waals surface area contributed by atoms with Crippen molar-refractivity contribution in [1.82, 2.24) is 15.0 Å². The van der Waals surface area contributed by atoms with Gasteiger partial charge in [-0.2, -0.15) is 0 Å². The molecule has 1 N–H and O–H groups in total. The summed E-state index contributed by atoms with van der Waals surface area (Å²) in [5.74, 6) is -2.00. The third kappa shape index (κ3) is 3.39. The van der Waals surface area contributed by atoms with Crippen LogP contribution in [0.4, 0.5) is 10.6 Å². The molecular formula is C16H14N4O5. The Morgan fingerprint density at radius 3 is 2.44 bits per heavy atom. The van der Waals surface area contributed by atoms with Crippen molar-refractivity contribution in [1.29, 1.82) is 0 Å². The van der Waals surface area contributed by atoms with Gasteiger partial charge in [0.05, 0.1) is 6.54 Å². The fraction of sp³-hybridized carbons (Fsp3) is 0.188. The lowest BCUT2D eigenvalue weighted by molar-refractivity contribution is -0.143. The maximum atomic E-state index is 12.3. The molecule has 1 aromatic heterocycles. The lowest BCUT2D eigenvalue weighted by atomic mass is 10.2. The van der Waals surface area contributed by atoms with Gasteiger partial charge in [-0.25, -0.2) is 9.69 Å². The summed E-state index contributed by atoms with van der Waals surface area (Å²) in [7, 11) is 0. The Labute approximate surface area is 142 Å². The van der Waals surface area contributed by atoms with E-state index in [1.807, 2.05) is 0 Å². The van der Waals surface area contributed by atoms with E-state index in [4.69, 9.17) is 4.52 Å². The fourth-order valence-corrected chi connectivity index (χ4v) is 2.35. The molecule has 2 heterocycles. The first kappa shape index (κ1) is 16.4. The first-order valence-electron chi connectivity index (χ1n) is 7.40. The standard InChI is InChI=1S/C16H14N4O5/c1-10-7-12(18-25-10)17-13(21)9-20-15(23)14(22)19(16(20)24)8-11-5-3-2-4-6-11/h2-7H,8-9H2,1H3,(H,17,18,21). The van der Waals surface area contributed by atoms with Crippen LogP contribution >= 0.6 is 0 Å². The number of aryl methyl sites for hydroxylation is 1. The molecule has 1 aliphatic rings. The Bertz CT molecular complexity index is 845. The zero-order chi connectivity index (χ0) is 18.0. The van der Waals surface area contributed by atoms with Crippen LogP contribution in [0.3, 0.4) is 0 Å². The molecule has 128 valence electrons. The van der Waals surface area contributed by atoms with Crippen molar-refractivity contribution in [3.05, 3.63) is 47.7 Å². The molecule has 2 aromatic rings. The van der Waals surface area contributed by atoms with Gasteiger partial charge in [0.15, 0.2) is 5.82 Å². The van der Waals surface area contributed by atoms with Crippen LogP contribution in [-0.2, 0) is 20.9 Å². The highest BCUT2D eigenvalue weighted by molar-refractivity contribution is 6.45. The predicted octanol–water partition coefficient (Wildman–Crippen LogP) is 0.913. The van der Waals surface area contributed by atoms with Crippen LogP contribution in [0.15, 0.2) is 40.9 Å². The second-order valence-electron chi connectivity index (χ2n) is 5.42. The fourth-order valence-electron chi connectivity index (χ4n) is 2.35. The Morgan fingerprint density at radius 1 is 1.12 bits per heavy atom. The average molecular weight is 342 g/mol. The van der Waals surface area contributed by atoms with Gasteiger partial charge in [-0.15, -0.1) is 0 Å². The van der Waals surface area contributed by atoms with E-state index < -0.39 is 30.3 Å². The van der Waals surface area contributed by atoms with Crippen molar-refractivity contribution in [3.8, 4) is 0 Å². The van der Waals surface area contributed by atoms with Crippen LogP contribution < -0.4 is 5.32 Å². The van der Waals surface area contributed by atoms with Gasteiger partial charge < -0.3 is 9.84 Å². The minimum absolute atomic E-state index is 0.0369. The first-order chi connectivity index (χ1) is 12.0. The topological polar surface area (TPSA) is 113 Å². The highest BCUT2D eigenvalue weighted by atomic mass is 16.5. The van der Waals surface area contributed by atoms with Crippen LogP contribution in [0, 0.1) is 6.92 Å². The van der Waals surface area contributed by atoms with E-state index in [-0.39, 0.29) is 12.4 Å². The number of hydrogen-bond donors (Lipinski definition) is 1. The van der Waals surface area contributed by atoms with E-state index in [0.29, 0.717) is 16.2 Å². The number of imide groups is 2. The zero-order valence-corrected chi connectivity index (χ0v) is 13.3. The van der Waals surface area contributed by atoms with Gasteiger partial charge in [0.2, 0.25) is 5.91 Å². The Hall–Kier alpha value is -3.49. The third-order valence-electron chi connectivity index (χ3n) is 3.52. The number of benzene rings is 1. The van der Waals surface area contributed by atoms with Crippen molar-refractivity contribution in [2.45, 2.75) is 13.5 Å². The lowest BCUT2D eigenvalue weighted by Crippen LogP contribution is -2.38. The molecule has 0 aliphatic carbocycles. The summed E-state index contributed by atoms with van der Waals surface area (Å²) in [6, 6.07) is 9.43. The van der Waals surface area contributed by atoms with Crippen molar-refractivity contribution in [2.24, 2.45) is 0 Å². The quantitative estimate of drug-likeness (QED) is 0.638. The number of carbonyl (C=O) groups excluding carboxylic acids is 4. The average Bonchev–Trinajstić information content (AvgIpc) is 3.08. The van der Waals surface area contributed by atoms with Gasteiger partial charge in [0.1, 0.15) is 12.3 Å². The van der Waals surface area contributed by atoms with Crippen LogP contribution in [0.2, 0.25) is 0 Å². The van der Waals surface area contributed by atoms with E-state index in [1.165, 1.54) is 6.07 Å². The van der Waals surface area contributed by atoms with Gasteiger partial charge in [0, 0.05) is 6.07 Å². The number of nitrogens with zero attached hydrogens (tertiary/aromatic N) is 3. The smallest absolute Gasteiger partial charge is 0.335 e. The number of anilines is 1. The number of aromatic nitrogens is 1. The normalized spacial score (nSPS) is 14.4. The molecule has 5 amide bonds. The van der Waals surface area contributed by atoms with Gasteiger partial charge in [-0.05, 0) is 12.5 Å². The van der Waals surface area contributed by atoms with Crippen LogP contribution in [0.1, 0.15) is 11.3 Å². The summed E-state index contributed by atoms with van der Waals surface area (Å²) in [6.07, 6.45) is 0. The summed E-state index contributed by atoms with van der Waals surface area (Å²) in [4.78, 5) is 49.7. The first-order valence-corrected chi connectivity index (χ1v) is 7.40. The van der Waals surface area contributed by atoms with Crippen molar-refractivity contribution >= 4 is 29.6 Å². The molecule has 1 aliphatic heterocycles. The molecular weight excluding hydrogens is 328 g/mol. The van der Waals surface area contributed by atoms with E-state index >= 15 is 0 Å². The van der Waals surface area contributed by atoms with Crippen molar-refractivity contribution < 1.29 is 23.7 Å². The summed E-state index contributed by atoms with van der Waals surface area (Å²) in [6.45, 7) is 1.03. The molecule has 1 saturated heterocycles. The van der Waals surface area contributed by atoms with Crippen LogP contribution in [-0.4, -0.2) is 45.3 Å². The molecule has 9 heteroatoms. The Balaban J connectivity index is 1.67. The number of urea groups is 1. The molecule has 0 radical (unpaired) electrons. The summed E-state index contributed by atoms with van der Waals surface area (Å²) >= 11 is 0. The lowest BCUT2D eigenvalue weighted by Gasteiger charge is -2.15.